The fourth-order valence-electron chi connectivity index (χ4n) is 2.07. The molecule has 2 rings (SSSR count). The number of aromatic nitrogens is 2. The standard InChI is InChI=1S/C16H19ClN4O2/c1-3-4-8-15(22)19-18-10-14-11(2)20-21(16(14)23)13-7-5-6-12(17)9-13/h5-7,9-10,20H,3-4,8H2,1-2H3,(H,19,22)/b18-10+. The molecular weight excluding hydrogens is 316 g/mol. The van der Waals surface area contributed by atoms with Crippen LogP contribution in [0.1, 0.15) is 37.4 Å². The fraction of sp³-hybridized carbons (Fsp3) is 0.312. The molecule has 6 nitrogen and oxygen atoms in total. The van der Waals surface area contributed by atoms with Gasteiger partial charge in [-0.15, -0.1) is 0 Å². The van der Waals surface area contributed by atoms with Gasteiger partial charge in [0.2, 0.25) is 5.91 Å². The number of hydrazone groups is 1. The molecule has 0 spiro atoms. The number of hydrogen-bond acceptors (Lipinski definition) is 3. The first-order chi connectivity index (χ1) is 11.0. The molecule has 0 bridgehead atoms. The summed E-state index contributed by atoms with van der Waals surface area (Å²) < 4.78 is 1.39. The Morgan fingerprint density at radius 1 is 1.48 bits per heavy atom. The van der Waals surface area contributed by atoms with Gasteiger partial charge in [0, 0.05) is 17.1 Å². The van der Waals surface area contributed by atoms with Crippen molar-refractivity contribution in [2.75, 3.05) is 0 Å². The normalized spacial score (nSPS) is 11.1. The van der Waals surface area contributed by atoms with Gasteiger partial charge in [-0.05, 0) is 31.5 Å². The number of aromatic amines is 1. The van der Waals surface area contributed by atoms with E-state index in [1.807, 2.05) is 6.92 Å². The number of carbonyl (C=O) groups excluding carboxylic acids is 1. The summed E-state index contributed by atoms with van der Waals surface area (Å²) in [7, 11) is 0. The summed E-state index contributed by atoms with van der Waals surface area (Å²) in [6.07, 6.45) is 3.54. The average molecular weight is 335 g/mol. The lowest BCUT2D eigenvalue weighted by atomic mass is 10.2. The number of rotatable bonds is 6. The number of nitrogens with one attached hydrogen (secondary N) is 2. The second kappa shape index (κ2) is 7.78. The van der Waals surface area contributed by atoms with Crippen molar-refractivity contribution in [1.29, 1.82) is 0 Å². The molecule has 1 heterocycles. The van der Waals surface area contributed by atoms with Gasteiger partial charge >= 0.3 is 0 Å². The van der Waals surface area contributed by atoms with Crippen LogP contribution in [0.25, 0.3) is 5.69 Å². The first-order valence-corrected chi connectivity index (χ1v) is 7.80. The summed E-state index contributed by atoms with van der Waals surface area (Å²) in [5, 5.41) is 7.37. The van der Waals surface area contributed by atoms with Crippen LogP contribution >= 0.6 is 11.6 Å². The van der Waals surface area contributed by atoms with E-state index >= 15 is 0 Å². The van der Waals surface area contributed by atoms with Crippen molar-refractivity contribution in [1.82, 2.24) is 15.2 Å². The third-order valence-electron chi connectivity index (χ3n) is 3.32. The molecule has 1 aromatic carbocycles. The Labute approximate surface area is 139 Å². The van der Waals surface area contributed by atoms with E-state index in [2.05, 4.69) is 15.6 Å². The molecule has 0 saturated carbocycles. The van der Waals surface area contributed by atoms with Crippen LogP contribution in [-0.4, -0.2) is 21.9 Å². The van der Waals surface area contributed by atoms with Gasteiger partial charge in [-0.25, -0.2) is 10.1 Å². The first-order valence-electron chi connectivity index (χ1n) is 7.42. The topological polar surface area (TPSA) is 79.2 Å². The van der Waals surface area contributed by atoms with Crippen LogP contribution in [0.2, 0.25) is 5.02 Å². The van der Waals surface area contributed by atoms with E-state index in [-0.39, 0.29) is 11.5 Å². The Morgan fingerprint density at radius 2 is 2.26 bits per heavy atom. The Morgan fingerprint density at radius 3 is 2.96 bits per heavy atom. The molecule has 23 heavy (non-hydrogen) atoms. The third kappa shape index (κ3) is 4.32. The highest BCUT2D eigenvalue weighted by atomic mass is 35.5. The van der Waals surface area contributed by atoms with E-state index in [0.29, 0.717) is 28.4 Å². The first kappa shape index (κ1) is 17.0. The number of aryl methyl sites for hydroxylation is 1. The number of hydrogen-bond donors (Lipinski definition) is 2. The Kier molecular flexibility index (Phi) is 5.76. The predicted molar refractivity (Wildman–Crippen MR) is 91.4 cm³/mol. The van der Waals surface area contributed by atoms with Crippen LogP contribution < -0.4 is 11.0 Å². The average Bonchev–Trinajstić information content (AvgIpc) is 2.81. The van der Waals surface area contributed by atoms with Crippen molar-refractivity contribution in [2.24, 2.45) is 5.10 Å². The molecular formula is C16H19ClN4O2. The molecule has 7 heteroatoms. The van der Waals surface area contributed by atoms with E-state index in [0.717, 1.165) is 12.8 Å². The Balaban J connectivity index is 2.18. The summed E-state index contributed by atoms with van der Waals surface area (Å²) in [4.78, 5) is 23.9. The van der Waals surface area contributed by atoms with Crippen LogP contribution in [-0.2, 0) is 4.79 Å². The van der Waals surface area contributed by atoms with Crippen molar-refractivity contribution in [2.45, 2.75) is 33.1 Å². The minimum Gasteiger partial charge on any atom is -0.295 e. The number of carbonyl (C=O) groups is 1. The molecule has 0 unspecified atom stereocenters. The lowest BCUT2D eigenvalue weighted by Gasteiger charge is -2.01. The molecule has 0 fully saturated rings. The molecule has 0 saturated heterocycles. The minimum atomic E-state index is -0.253. The molecule has 2 aromatic rings. The van der Waals surface area contributed by atoms with Crippen LogP contribution in [0, 0.1) is 6.92 Å². The lowest BCUT2D eigenvalue weighted by Crippen LogP contribution is -2.20. The molecule has 0 aliphatic carbocycles. The van der Waals surface area contributed by atoms with Crippen LogP contribution in [0.5, 0.6) is 0 Å². The van der Waals surface area contributed by atoms with Gasteiger partial charge in [0.15, 0.2) is 0 Å². The fourth-order valence-corrected chi connectivity index (χ4v) is 2.26. The molecule has 0 aliphatic rings. The molecule has 0 aliphatic heterocycles. The van der Waals surface area contributed by atoms with Crippen molar-refractivity contribution in [3.63, 3.8) is 0 Å². The quantitative estimate of drug-likeness (QED) is 0.629. The van der Waals surface area contributed by atoms with Crippen LogP contribution in [0.15, 0.2) is 34.2 Å². The SMILES string of the molecule is CCCCC(=O)N/N=C/c1c(C)[nH]n(-c2cccc(Cl)c2)c1=O. The van der Waals surface area contributed by atoms with Gasteiger partial charge in [-0.1, -0.05) is 31.0 Å². The lowest BCUT2D eigenvalue weighted by molar-refractivity contribution is -0.121. The monoisotopic (exact) mass is 334 g/mol. The summed E-state index contributed by atoms with van der Waals surface area (Å²) in [6, 6.07) is 6.96. The number of halogens is 1. The molecule has 0 atom stereocenters. The van der Waals surface area contributed by atoms with E-state index in [9.17, 15) is 9.59 Å². The van der Waals surface area contributed by atoms with Crippen molar-refractivity contribution >= 4 is 23.7 Å². The zero-order valence-electron chi connectivity index (χ0n) is 13.1. The zero-order valence-corrected chi connectivity index (χ0v) is 13.9. The van der Waals surface area contributed by atoms with Crippen molar-refractivity contribution < 1.29 is 4.79 Å². The van der Waals surface area contributed by atoms with E-state index in [4.69, 9.17) is 11.6 Å². The number of amides is 1. The third-order valence-corrected chi connectivity index (χ3v) is 3.56. The Bertz CT molecular complexity index is 777. The number of unbranched alkanes of at least 4 members (excludes halogenated alkanes) is 1. The highest BCUT2D eigenvalue weighted by Crippen LogP contribution is 2.13. The maximum absolute atomic E-state index is 12.4. The van der Waals surface area contributed by atoms with Gasteiger partial charge in [0.1, 0.15) is 0 Å². The molecule has 2 N–H and O–H groups in total. The van der Waals surface area contributed by atoms with Gasteiger partial charge < -0.3 is 0 Å². The van der Waals surface area contributed by atoms with E-state index in [1.165, 1.54) is 10.9 Å². The molecule has 0 radical (unpaired) electrons. The number of nitrogens with zero attached hydrogens (tertiary/aromatic N) is 2. The zero-order chi connectivity index (χ0) is 16.8. The minimum absolute atomic E-state index is 0.161. The maximum Gasteiger partial charge on any atom is 0.280 e. The van der Waals surface area contributed by atoms with Crippen LogP contribution in [0.4, 0.5) is 0 Å². The highest BCUT2D eigenvalue weighted by Gasteiger charge is 2.11. The van der Waals surface area contributed by atoms with Gasteiger partial charge in [-0.2, -0.15) is 5.10 Å². The summed E-state index contributed by atoms with van der Waals surface area (Å²) in [5.41, 5.74) is 3.85. The van der Waals surface area contributed by atoms with E-state index in [1.54, 1.807) is 31.2 Å². The predicted octanol–water partition coefficient (Wildman–Crippen LogP) is 2.77. The molecule has 1 amide bonds. The molecule has 122 valence electrons. The second-order valence-electron chi connectivity index (χ2n) is 5.17. The molecule has 1 aromatic heterocycles. The number of H-pyrrole nitrogens is 1. The van der Waals surface area contributed by atoms with Gasteiger partial charge in [0.25, 0.3) is 5.56 Å². The summed E-state index contributed by atoms with van der Waals surface area (Å²) >= 11 is 5.95. The second-order valence-corrected chi connectivity index (χ2v) is 5.60. The number of benzene rings is 1. The van der Waals surface area contributed by atoms with Gasteiger partial charge in [-0.3, -0.25) is 14.7 Å². The van der Waals surface area contributed by atoms with Crippen molar-refractivity contribution in [3.05, 3.63) is 50.9 Å². The maximum atomic E-state index is 12.4. The van der Waals surface area contributed by atoms with Crippen LogP contribution in [0.3, 0.4) is 0 Å². The van der Waals surface area contributed by atoms with E-state index < -0.39 is 0 Å². The smallest absolute Gasteiger partial charge is 0.280 e. The van der Waals surface area contributed by atoms with Gasteiger partial charge in [0.05, 0.1) is 17.5 Å². The summed E-state index contributed by atoms with van der Waals surface area (Å²) in [5.74, 6) is -0.161. The Hall–Kier alpha value is -2.34. The highest BCUT2D eigenvalue weighted by molar-refractivity contribution is 6.30. The summed E-state index contributed by atoms with van der Waals surface area (Å²) in [6.45, 7) is 3.78. The largest absolute Gasteiger partial charge is 0.295 e. The van der Waals surface area contributed by atoms with Crippen molar-refractivity contribution in [3.8, 4) is 5.69 Å².